The molecular weight excluding hydrogens is 204 g/mol. The molecule has 5 heteroatoms. The molecule has 90 valence electrons. The smallest absolute Gasteiger partial charge is 0.225 e. The summed E-state index contributed by atoms with van der Waals surface area (Å²) in [6, 6.07) is 1.87. The van der Waals surface area contributed by atoms with E-state index in [0.29, 0.717) is 24.7 Å². The van der Waals surface area contributed by atoms with Crippen LogP contribution in [0.4, 0.5) is 5.82 Å². The molecule has 4 N–H and O–H groups in total. The summed E-state index contributed by atoms with van der Waals surface area (Å²) in [5.74, 6) is 0.979. The maximum absolute atomic E-state index is 11.5. The second kappa shape index (κ2) is 6.27. The zero-order valence-corrected chi connectivity index (χ0v) is 9.92. The van der Waals surface area contributed by atoms with E-state index in [9.17, 15) is 4.79 Å². The zero-order chi connectivity index (χ0) is 12.0. The number of amides is 1. The van der Waals surface area contributed by atoms with Crippen molar-refractivity contribution in [2.45, 2.75) is 39.0 Å². The summed E-state index contributed by atoms with van der Waals surface area (Å²) < 4.78 is 0. The van der Waals surface area contributed by atoms with E-state index < -0.39 is 0 Å². The number of aromatic amines is 1. The number of nitrogens with zero attached hydrogens (tertiary/aromatic N) is 1. The first kappa shape index (κ1) is 12.7. The van der Waals surface area contributed by atoms with Crippen LogP contribution in [0.5, 0.6) is 0 Å². The molecule has 0 aromatic carbocycles. The Balaban J connectivity index is 2.37. The fraction of sp³-hybridized carbons (Fsp3) is 0.636. The first-order valence-electron chi connectivity index (χ1n) is 5.68. The largest absolute Gasteiger partial charge is 0.330 e. The van der Waals surface area contributed by atoms with E-state index >= 15 is 0 Å². The molecule has 0 aliphatic heterocycles. The van der Waals surface area contributed by atoms with E-state index in [0.717, 1.165) is 18.5 Å². The van der Waals surface area contributed by atoms with Crippen molar-refractivity contribution in [3.8, 4) is 0 Å². The average molecular weight is 224 g/mol. The molecule has 0 aliphatic rings. The maximum atomic E-state index is 11.5. The van der Waals surface area contributed by atoms with Gasteiger partial charge in [0.1, 0.15) is 0 Å². The molecule has 16 heavy (non-hydrogen) atoms. The lowest BCUT2D eigenvalue weighted by Gasteiger charge is -2.00. The molecule has 1 heterocycles. The molecule has 0 spiro atoms. The first-order chi connectivity index (χ1) is 7.63. The molecule has 1 aromatic rings. The van der Waals surface area contributed by atoms with Gasteiger partial charge in [-0.25, -0.2) is 0 Å². The maximum Gasteiger partial charge on any atom is 0.225 e. The van der Waals surface area contributed by atoms with E-state index in [4.69, 9.17) is 5.73 Å². The zero-order valence-electron chi connectivity index (χ0n) is 9.92. The third-order valence-corrected chi connectivity index (χ3v) is 2.35. The van der Waals surface area contributed by atoms with Crippen molar-refractivity contribution >= 4 is 11.7 Å². The van der Waals surface area contributed by atoms with Gasteiger partial charge < -0.3 is 11.1 Å². The van der Waals surface area contributed by atoms with E-state index in [2.05, 4.69) is 29.4 Å². The van der Waals surface area contributed by atoms with Gasteiger partial charge in [-0.05, 0) is 25.3 Å². The molecule has 1 aromatic heterocycles. The van der Waals surface area contributed by atoms with E-state index in [-0.39, 0.29) is 5.91 Å². The first-order valence-corrected chi connectivity index (χ1v) is 5.68. The summed E-state index contributed by atoms with van der Waals surface area (Å²) in [7, 11) is 0. The summed E-state index contributed by atoms with van der Waals surface area (Å²) in [4.78, 5) is 11.5. The molecule has 5 nitrogen and oxygen atoms in total. The molecule has 1 rings (SSSR count). The van der Waals surface area contributed by atoms with Crippen molar-refractivity contribution in [2.24, 2.45) is 5.73 Å². The fourth-order valence-corrected chi connectivity index (χ4v) is 1.33. The van der Waals surface area contributed by atoms with Crippen molar-refractivity contribution in [1.29, 1.82) is 0 Å². The van der Waals surface area contributed by atoms with Gasteiger partial charge in [0.05, 0.1) is 0 Å². The molecule has 0 radical (unpaired) electrons. The Labute approximate surface area is 95.8 Å². The third-order valence-electron chi connectivity index (χ3n) is 2.35. The van der Waals surface area contributed by atoms with Gasteiger partial charge in [-0.1, -0.05) is 13.8 Å². The number of hydrogen-bond donors (Lipinski definition) is 3. The van der Waals surface area contributed by atoms with Gasteiger partial charge in [0.25, 0.3) is 0 Å². The van der Waals surface area contributed by atoms with Crippen LogP contribution in [0.15, 0.2) is 6.07 Å². The summed E-state index contributed by atoms with van der Waals surface area (Å²) >= 11 is 0. The lowest BCUT2D eigenvalue weighted by atomic mass is 10.1. The Morgan fingerprint density at radius 3 is 2.88 bits per heavy atom. The lowest BCUT2D eigenvalue weighted by Crippen LogP contribution is -2.12. The van der Waals surface area contributed by atoms with Gasteiger partial charge >= 0.3 is 0 Å². The number of rotatable bonds is 6. The van der Waals surface area contributed by atoms with Crippen LogP contribution in [0.2, 0.25) is 0 Å². The molecule has 1 amide bonds. The van der Waals surface area contributed by atoms with Crippen LogP contribution in [0, 0.1) is 0 Å². The number of H-pyrrole nitrogens is 1. The van der Waals surface area contributed by atoms with Gasteiger partial charge in [0.2, 0.25) is 5.91 Å². The summed E-state index contributed by atoms with van der Waals surface area (Å²) in [5, 5.41) is 9.67. The van der Waals surface area contributed by atoms with Crippen LogP contribution in [-0.4, -0.2) is 22.6 Å². The molecule has 0 unspecified atom stereocenters. The summed E-state index contributed by atoms with van der Waals surface area (Å²) in [6.45, 7) is 4.77. The summed E-state index contributed by atoms with van der Waals surface area (Å²) in [5.41, 5.74) is 6.38. The molecule has 0 saturated heterocycles. The van der Waals surface area contributed by atoms with Crippen molar-refractivity contribution in [3.05, 3.63) is 11.8 Å². The third kappa shape index (κ3) is 4.02. The second-order valence-electron chi connectivity index (χ2n) is 4.16. The van der Waals surface area contributed by atoms with E-state index in [1.165, 1.54) is 0 Å². The van der Waals surface area contributed by atoms with Crippen LogP contribution in [0.1, 0.15) is 44.7 Å². The molecule has 0 saturated carbocycles. The Morgan fingerprint density at radius 1 is 1.56 bits per heavy atom. The van der Waals surface area contributed by atoms with Crippen LogP contribution in [0.25, 0.3) is 0 Å². The normalized spacial score (nSPS) is 10.8. The predicted molar refractivity (Wildman–Crippen MR) is 64.2 cm³/mol. The topological polar surface area (TPSA) is 83.8 Å². The number of nitrogens with one attached hydrogen (secondary N) is 2. The Morgan fingerprint density at radius 2 is 2.31 bits per heavy atom. The minimum atomic E-state index is -0.00439. The number of unbranched alkanes of at least 4 members (excludes halogenated alkanes) is 1. The monoisotopic (exact) mass is 224 g/mol. The van der Waals surface area contributed by atoms with Crippen molar-refractivity contribution < 1.29 is 4.79 Å². The highest BCUT2D eigenvalue weighted by molar-refractivity contribution is 5.89. The average Bonchev–Trinajstić information content (AvgIpc) is 2.66. The highest BCUT2D eigenvalue weighted by Gasteiger charge is 2.07. The number of anilines is 1. The quantitative estimate of drug-likeness (QED) is 0.642. The van der Waals surface area contributed by atoms with Crippen molar-refractivity contribution in [3.63, 3.8) is 0 Å². The number of carbonyl (C=O) groups excluding carboxylic acids is 1. The SMILES string of the molecule is CC(C)c1cc(NC(=O)CCCCN)n[nH]1. The van der Waals surface area contributed by atoms with Gasteiger partial charge in [-0.2, -0.15) is 5.10 Å². The van der Waals surface area contributed by atoms with Crippen LogP contribution in [0.3, 0.4) is 0 Å². The van der Waals surface area contributed by atoms with Gasteiger partial charge in [0.15, 0.2) is 5.82 Å². The summed E-state index contributed by atoms with van der Waals surface area (Å²) in [6.07, 6.45) is 2.20. The number of nitrogens with two attached hydrogens (primary N) is 1. The molecule has 0 atom stereocenters. The Bertz CT molecular complexity index is 332. The molecule has 0 bridgehead atoms. The molecule has 0 aliphatic carbocycles. The van der Waals surface area contributed by atoms with Gasteiger partial charge in [-0.15, -0.1) is 0 Å². The Kier molecular flexibility index (Phi) is 4.98. The van der Waals surface area contributed by atoms with Gasteiger partial charge in [0, 0.05) is 18.2 Å². The highest BCUT2D eigenvalue weighted by Crippen LogP contribution is 2.14. The lowest BCUT2D eigenvalue weighted by molar-refractivity contribution is -0.116. The Hall–Kier alpha value is -1.36. The van der Waals surface area contributed by atoms with Crippen LogP contribution < -0.4 is 11.1 Å². The predicted octanol–water partition coefficient (Wildman–Crippen LogP) is 1.60. The highest BCUT2D eigenvalue weighted by atomic mass is 16.1. The van der Waals surface area contributed by atoms with E-state index in [1.807, 2.05) is 6.07 Å². The van der Waals surface area contributed by atoms with Crippen LogP contribution in [-0.2, 0) is 4.79 Å². The fourth-order valence-electron chi connectivity index (χ4n) is 1.33. The second-order valence-corrected chi connectivity index (χ2v) is 4.16. The van der Waals surface area contributed by atoms with Crippen molar-refractivity contribution in [1.82, 2.24) is 10.2 Å². The van der Waals surface area contributed by atoms with E-state index in [1.54, 1.807) is 0 Å². The van der Waals surface area contributed by atoms with Gasteiger partial charge in [-0.3, -0.25) is 9.89 Å². The number of aromatic nitrogens is 2. The standard InChI is InChI=1S/C11H20N4O/c1-8(2)9-7-10(15-14-9)13-11(16)5-3-4-6-12/h7-8H,3-6,12H2,1-2H3,(H2,13,14,15,16). The number of carbonyl (C=O) groups is 1. The molecular formula is C11H20N4O. The van der Waals surface area contributed by atoms with Crippen molar-refractivity contribution in [2.75, 3.05) is 11.9 Å². The minimum absolute atomic E-state index is 0.00439. The molecule has 0 fully saturated rings. The van der Waals surface area contributed by atoms with Crippen LogP contribution >= 0.6 is 0 Å². The number of hydrogen-bond acceptors (Lipinski definition) is 3. The minimum Gasteiger partial charge on any atom is -0.330 e.